The third kappa shape index (κ3) is 3.67. The highest BCUT2D eigenvalue weighted by atomic mass is 35.5. The molecule has 0 saturated heterocycles. The first-order chi connectivity index (χ1) is 12.7. The van der Waals surface area contributed by atoms with E-state index in [-0.39, 0.29) is 5.28 Å². The zero-order chi connectivity index (χ0) is 18.5. The topological polar surface area (TPSA) is 74.1 Å². The Bertz CT molecular complexity index is 874. The van der Waals surface area contributed by atoms with Crippen LogP contribution in [0.4, 0.5) is 5.82 Å². The SMILES string of the molecule is CCCCNc1nc(Cl)nc2cnn(Cc3c(OC)cccc3OC)c12. The fourth-order valence-corrected chi connectivity index (χ4v) is 3.01. The van der Waals surface area contributed by atoms with Gasteiger partial charge in [0, 0.05) is 6.54 Å². The van der Waals surface area contributed by atoms with Crippen LogP contribution in [0.2, 0.25) is 5.28 Å². The van der Waals surface area contributed by atoms with E-state index < -0.39 is 0 Å². The molecule has 3 aromatic rings. The number of nitrogens with zero attached hydrogens (tertiary/aromatic N) is 4. The number of benzene rings is 1. The lowest BCUT2D eigenvalue weighted by molar-refractivity contribution is 0.382. The molecular weight excluding hydrogens is 354 g/mol. The number of aromatic nitrogens is 4. The van der Waals surface area contributed by atoms with E-state index in [9.17, 15) is 0 Å². The molecule has 0 spiro atoms. The van der Waals surface area contributed by atoms with Gasteiger partial charge in [-0.1, -0.05) is 19.4 Å². The summed E-state index contributed by atoms with van der Waals surface area (Å²) in [6.07, 6.45) is 3.82. The lowest BCUT2D eigenvalue weighted by Crippen LogP contribution is -2.10. The van der Waals surface area contributed by atoms with Gasteiger partial charge in [0.05, 0.1) is 32.5 Å². The fraction of sp³-hybridized carbons (Fsp3) is 0.389. The zero-order valence-corrected chi connectivity index (χ0v) is 15.9. The van der Waals surface area contributed by atoms with Crippen molar-refractivity contribution in [1.82, 2.24) is 19.7 Å². The van der Waals surface area contributed by atoms with Gasteiger partial charge in [-0.2, -0.15) is 10.1 Å². The summed E-state index contributed by atoms with van der Waals surface area (Å²) >= 11 is 6.06. The summed E-state index contributed by atoms with van der Waals surface area (Å²) in [4.78, 5) is 8.63. The standard InChI is InChI=1S/C18H22ClN5O2/c1-4-5-9-20-17-16-13(22-18(19)23-17)10-21-24(16)11-12-14(25-2)7-6-8-15(12)26-3/h6-8,10H,4-5,9,11H2,1-3H3,(H,20,22,23). The molecule has 8 heteroatoms. The van der Waals surface area contributed by atoms with E-state index in [1.807, 2.05) is 22.9 Å². The third-order valence-corrected chi connectivity index (χ3v) is 4.29. The first-order valence-corrected chi connectivity index (χ1v) is 8.88. The number of unbranched alkanes of at least 4 members (excludes halogenated alkanes) is 1. The largest absolute Gasteiger partial charge is 0.496 e. The molecule has 0 atom stereocenters. The molecule has 2 aromatic heterocycles. The van der Waals surface area contributed by atoms with Crippen LogP contribution in [0.3, 0.4) is 0 Å². The minimum atomic E-state index is 0.200. The molecule has 2 heterocycles. The summed E-state index contributed by atoms with van der Waals surface area (Å²) in [6, 6.07) is 5.69. The molecule has 0 amide bonds. The molecule has 7 nitrogen and oxygen atoms in total. The Balaban J connectivity index is 2.04. The fourth-order valence-electron chi connectivity index (χ4n) is 2.83. The molecule has 1 aromatic carbocycles. The summed E-state index contributed by atoms with van der Waals surface area (Å²) in [5.74, 6) is 2.16. The van der Waals surface area contributed by atoms with Crippen molar-refractivity contribution in [3.8, 4) is 11.5 Å². The molecule has 0 saturated carbocycles. The second-order valence-electron chi connectivity index (χ2n) is 5.80. The molecular formula is C18H22ClN5O2. The van der Waals surface area contributed by atoms with Crippen LogP contribution in [-0.4, -0.2) is 40.5 Å². The van der Waals surface area contributed by atoms with Gasteiger partial charge in [-0.25, -0.2) is 4.98 Å². The van der Waals surface area contributed by atoms with E-state index in [0.717, 1.165) is 42.0 Å². The smallest absolute Gasteiger partial charge is 0.225 e. The minimum absolute atomic E-state index is 0.200. The van der Waals surface area contributed by atoms with Crippen LogP contribution >= 0.6 is 11.6 Å². The van der Waals surface area contributed by atoms with Crippen LogP contribution in [-0.2, 0) is 6.54 Å². The highest BCUT2D eigenvalue weighted by Crippen LogP contribution is 2.31. The average molecular weight is 376 g/mol. The Morgan fingerprint density at radius 1 is 1.15 bits per heavy atom. The number of methoxy groups -OCH3 is 2. The molecule has 0 aliphatic heterocycles. The minimum Gasteiger partial charge on any atom is -0.496 e. The van der Waals surface area contributed by atoms with Gasteiger partial charge < -0.3 is 14.8 Å². The quantitative estimate of drug-likeness (QED) is 0.477. The van der Waals surface area contributed by atoms with Crippen LogP contribution < -0.4 is 14.8 Å². The van der Waals surface area contributed by atoms with E-state index >= 15 is 0 Å². The summed E-state index contributed by atoms with van der Waals surface area (Å²) in [6.45, 7) is 3.41. The second kappa shape index (κ2) is 8.23. The van der Waals surface area contributed by atoms with Crippen LogP contribution in [0.5, 0.6) is 11.5 Å². The Labute approximate surface area is 157 Å². The van der Waals surface area contributed by atoms with Gasteiger partial charge in [0.15, 0.2) is 5.82 Å². The van der Waals surface area contributed by atoms with Crippen molar-refractivity contribution in [3.05, 3.63) is 35.2 Å². The van der Waals surface area contributed by atoms with Crippen LogP contribution in [0.1, 0.15) is 25.3 Å². The number of hydrogen-bond donors (Lipinski definition) is 1. The van der Waals surface area contributed by atoms with Gasteiger partial charge >= 0.3 is 0 Å². The number of anilines is 1. The van der Waals surface area contributed by atoms with Crippen LogP contribution in [0, 0.1) is 0 Å². The van der Waals surface area contributed by atoms with Crippen molar-refractivity contribution < 1.29 is 9.47 Å². The van der Waals surface area contributed by atoms with E-state index in [1.165, 1.54) is 0 Å². The Hall–Kier alpha value is -2.54. The maximum absolute atomic E-state index is 6.06. The summed E-state index contributed by atoms with van der Waals surface area (Å²) in [5, 5.41) is 8.02. The van der Waals surface area contributed by atoms with E-state index in [0.29, 0.717) is 17.9 Å². The van der Waals surface area contributed by atoms with Crippen LogP contribution in [0.25, 0.3) is 11.0 Å². The first kappa shape index (κ1) is 18.3. The van der Waals surface area contributed by atoms with Crippen molar-refractivity contribution in [2.24, 2.45) is 0 Å². The normalized spacial score (nSPS) is 10.9. The number of halogens is 1. The van der Waals surface area contributed by atoms with E-state index in [2.05, 4.69) is 27.3 Å². The number of hydrogen-bond acceptors (Lipinski definition) is 6. The zero-order valence-electron chi connectivity index (χ0n) is 15.1. The summed E-state index contributed by atoms with van der Waals surface area (Å²) in [5.41, 5.74) is 2.40. The lowest BCUT2D eigenvalue weighted by atomic mass is 10.1. The van der Waals surface area contributed by atoms with Crippen molar-refractivity contribution in [3.63, 3.8) is 0 Å². The number of ether oxygens (including phenoxy) is 2. The number of nitrogens with one attached hydrogen (secondary N) is 1. The van der Waals surface area contributed by atoms with Gasteiger partial charge in [-0.05, 0) is 30.2 Å². The molecule has 138 valence electrons. The van der Waals surface area contributed by atoms with E-state index in [4.69, 9.17) is 21.1 Å². The molecule has 26 heavy (non-hydrogen) atoms. The first-order valence-electron chi connectivity index (χ1n) is 8.50. The highest BCUT2D eigenvalue weighted by molar-refractivity contribution is 6.28. The molecule has 0 bridgehead atoms. The van der Waals surface area contributed by atoms with Crippen molar-refractivity contribution in [2.75, 3.05) is 26.1 Å². The molecule has 0 fully saturated rings. The van der Waals surface area contributed by atoms with Gasteiger partial charge in [0.2, 0.25) is 5.28 Å². The molecule has 0 unspecified atom stereocenters. The Morgan fingerprint density at radius 3 is 2.54 bits per heavy atom. The van der Waals surface area contributed by atoms with Gasteiger partial charge in [0.1, 0.15) is 22.5 Å². The van der Waals surface area contributed by atoms with Crippen molar-refractivity contribution in [1.29, 1.82) is 0 Å². The second-order valence-corrected chi connectivity index (χ2v) is 6.14. The van der Waals surface area contributed by atoms with Crippen molar-refractivity contribution >= 4 is 28.5 Å². The maximum Gasteiger partial charge on any atom is 0.225 e. The summed E-state index contributed by atoms with van der Waals surface area (Å²) < 4.78 is 12.8. The molecule has 1 N–H and O–H groups in total. The Morgan fingerprint density at radius 2 is 1.88 bits per heavy atom. The maximum atomic E-state index is 6.06. The van der Waals surface area contributed by atoms with E-state index in [1.54, 1.807) is 20.4 Å². The number of rotatable bonds is 8. The van der Waals surface area contributed by atoms with Gasteiger partial charge in [-0.15, -0.1) is 0 Å². The monoisotopic (exact) mass is 375 g/mol. The highest BCUT2D eigenvalue weighted by Gasteiger charge is 2.16. The molecule has 0 aliphatic rings. The summed E-state index contributed by atoms with van der Waals surface area (Å²) in [7, 11) is 3.28. The van der Waals surface area contributed by atoms with Crippen molar-refractivity contribution in [2.45, 2.75) is 26.3 Å². The predicted molar refractivity (Wildman–Crippen MR) is 102 cm³/mol. The van der Waals surface area contributed by atoms with Gasteiger partial charge in [-0.3, -0.25) is 4.68 Å². The third-order valence-electron chi connectivity index (χ3n) is 4.12. The van der Waals surface area contributed by atoms with Gasteiger partial charge in [0.25, 0.3) is 0 Å². The average Bonchev–Trinajstić information content (AvgIpc) is 3.04. The molecule has 3 rings (SSSR count). The predicted octanol–water partition coefficient (Wildman–Crippen LogP) is 3.76. The number of fused-ring (bicyclic) bond motifs is 1. The molecule has 0 radical (unpaired) electrons. The Kier molecular flexibility index (Phi) is 5.78. The lowest BCUT2D eigenvalue weighted by Gasteiger charge is -2.14. The molecule has 0 aliphatic carbocycles. The van der Waals surface area contributed by atoms with Crippen LogP contribution in [0.15, 0.2) is 24.4 Å².